The van der Waals surface area contributed by atoms with Gasteiger partial charge in [0.05, 0.1) is 41.0 Å². The molecule has 2 fully saturated rings. The molecule has 0 aliphatic carbocycles. The molecule has 2 heterocycles. The zero-order valence-corrected chi connectivity index (χ0v) is 23.0. The number of anilines is 2. The maximum Gasteiger partial charge on any atom is 0.243 e. The minimum atomic E-state index is -3.81. The van der Waals surface area contributed by atoms with Gasteiger partial charge < -0.3 is 19.7 Å². The van der Waals surface area contributed by atoms with Crippen LogP contribution in [-0.4, -0.2) is 79.6 Å². The van der Waals surface area contributed by atoms with Crippen molar-refractivity contribution < 1.29 is 31.1 Å². The summed E-state index contributed by atoms with van der Waals surface area (Å²) in [6.45, 7) is 5.01. The highest BCUT2D eigenvalue weighted by atomic mass is 32.2. The Kier molecular flexibility index (Phi) is 9.26. The van der Waals surface area contributed by atoms with E-state index in [0.717, 1.165) is 31.6 Å². The van der Waals surface area contributed by atoms with Gasteiger partial charge in [-0.1, -0.05) is 0 Å². The van der Waals surface area contributed by atoms with Crippen LogP contribution in [0.2, 0.25) is 0 Å². The fraction of sp³-hybridized carbons (Fsp3) is 0.480. The first-order valence-electron chi connectivity index (χ1n) is 12.7. The molecular formula is C25H34N4O7S2. The molecule has 11 nitrogen and oxygen atoms in total. The molecule has 13 heteroatoms. The molecule has 2 aliphatic rings. The second-order valence-corrected chi connectivity index (χ2v) is 12.7. The van der Waals surface area contributed by atoms with Crippen LogP contribution in [0.25, 0.3) is 0 Å². The van der Waals surface area contributed by atoms with Gasteiger partial charge in [0.25, 0.3) is 0 Å². The third-order valence-electron chi connectivity index (χ3n) is 6.39. The molecule has 208 valence electrons. The van der Waals surface area contributed by atoms with Crippen LogP contribution in [0.15, 0.2) is 52.3 Å². The number of hydrogen-bond donors (Lipinski definition) is 2. The van der Waals surface area contributed by atoms with Crippen molar-refractivity contribution in [2.75, 3.05) is 62.8 Å². The molecular weight excluding hydrogens is 532 g/mol. The molecule has 4 rings (SSSR count). The van der Waals surface area contributed by atoms with Gasteiger partial charge in [-0.3, -0.25) is 4.79 Å². The number of carbonyl (C=O) groups excluding carboxylic acids is 1. The van der Waals surface area contributed by atoms with Crippen molar-refractivity contribution in [3.63, 3.8) is 0 Å². The lowest BCUT2D eigenvalue weighted by atomic mass is 10.2. The van der Waals surface area contributed by atoms with Crippen molar-refractivity contribution in [1.29, 1.82) is 0 Å². The number of carbonyl (C=O) groups is 1. The number of morpholine rings is 1. The van der Waals surface area contributed by atoms with Crippen LogP contribution in [-0.2, 0) is 29.6 Å². The van der Waals surface area contributed by atoms with Gasteiger partial charge in [-0.25, -0.2) is 21.6 Å². The first kappa shape index (κ1) is 28.3. The number of nitrogens with zero attached hydrogens (tertiary/aromatic N) is 2. The standard InChI is InChI=1S/C25H34N4O7S2/c1-2-36-20-5-7-21(8-6-20)37(31,32)26-12-11-25(30)27-23-19-22(9-10-24(23)28-13-3-4-14-28)38(33,34)29-15-17-35-18-16-29/h5-10,19,26H,2-4,11-18H2,1H3,(H,27,30). The molecule has 0 bridgehead atoms. The molecule has 1 amide bonds. The van der Waals surface area contributed by atoms with E-state index in [1.807, 2.05) is 6.92 Å². The summed E-state index contributed by atoms with van der Waals surface area (Å²) in [7, 11) is -7.56. The number of amides is 1. The predicted octanol–water partition coefficient (Wildman–Crippen LogP) is 2.01. The Hall–Kier alpha value is -2.71. The molecule has 2 aliphatic heterocycles. The number of benzene rings is 2. The van der Waals surface area contributed by atoms with Gasteiger partial charge in [-0.15, -0.1) is 0 Å². The lowest BCUT2D eigenvalue weighted by Crippen LogP contribution is -2.40. The summed E-state index contributed by atoms with van der Waals surface area (Å²) in [5, 5.41) is 2.81. The molecule has 38 heavy (non-hydrogen) atoms. The number of sulfonamides is 2. The quantitative estimate of drug-likeness (QED) is 0.422. The molecule has 2 N–H and O–H groups in total. The smallest absolute Gasteiger partial charge is 0.243 e. The van der Waals surface area contributed by atoms with E-state index in [1.165, 1.54) is 22.5 Å². The summed E-state index contributed by atoms with van der Waals surface area (Å²) in [5.74, 6) is 0.137. The second-order valence-electron chi connectivity index (χ2n) is 8.99. The normalized spacial score (nSPS) is 16.9. The summed E-state index contributed by atoms with van der Waals surface area (Å²) in [6, 6.07) is 10.8. The summed E-state index contributed by atoms with van der Waals surface area (Å²) in [4.78, 5) is 15.1. The lowest BCUT2D eigenvalue weighted by Gasteiger charge is -2.27. The van der Waals surface area contributed by atoms with E-state index < -0.39 is 26.0 Å². The maximum atomic E-state index is 13.2. The summed E-state index contributed by atoms with van der Waals surface area (Å²) in [6.07, 6.45) is 1.89. The molecule has 0 spiro atoms. The van der Waals surface area contributed by atoms with Crippen molar-refractivity contribution in [3.05, 3.63) is 42.5 Å². The van der Waals surface area contributed by atoms with E-state index in [4.69, 9.17) is 9.47 Å². The number of rotatable bonds is 11. The van der Waals surface area contributed by atoms with Crippen molar-refractivity contribution in [2.45, 2.75) is 36.0 Å². The molecule has 0 unspecified atom stereocenters. The second kappa shape index (κ2) is 12.4. The molecule has 0 aromatic heterocycles. The van der Waals surface area contributed by atoms with E-state index in [1.54, 1.807) is 24.3 Å². The lowest BCUT2D eigenvalue weighted by molar-refractivity contribution is -0.116. The highest BCUT2D eigenvalue weighted by Crippen LogP contribution is 2.32. The number of hydrogen-bond acceptors (Lipinski definition) is 8. The van der Waals surface area contributed by atoms with Crippen LogP contribution in [0.5, 0.6) is 5.75 Å². The van der Waals surface area contributed by atoms with E-state index in [2.05, 4.69) is 14.9 Å². The number of ether oxygens (including phenoxy) is 2. The minimum absolute atomic E-state index is 0.0682. The van der Waals surface area contributed by atoms with Crippen LogP contribution < -0.4 is 19.7 Å². The van der Waals surface area contributed by atoms with Crippen molar-refractivity contribution in [2.24, 2.45) is 0 Å². The Bertz CT molecular complexity index is 1320. The third kappa shape index (κ3) is 6.83. The van der Waals surface area contributed by atoms with E-state index in [0.29, 0.717) is 31.3 Å². The van der Waals surface area contributed by atoms with Gasteiger partial charge in [0, 0.05) is 39.1 Å². The van der Waals surface area contributed by atoms with Crippen LogP contribution in [0.3, 0.4) is 0 Å². The van der Waals surface area contributed by atoms with Gasteiger partial charge >= 0.3 is 0 Å². The Balaban J connectivity index is 1.44. The zero-order chi connectivity index (χ0) is 27.2. The molecule has 0 atom stereocenters. The van der Waals surface area contributed by atoms with E-state index in [9.17, 15) is 21.6 Å². The largest absolute Gasteiger partial charge is 0.494 e. The third-order valence-corrected chi connectivity index (χ3v) is 9.76. The highest BCUT2D eigenvalue weighted by molar-refractivity contribution is 7.89. The van der Waals surface area contributed by atoms with Gasteiger partial charge in [0.15, 0.2) is 0 Å². The highest BCUT2D eigenvalue weighted by Gasteiger charge is 2.28. The maximum absolute atomic E-state index is 13.2. The molecule has 2 saturated heterocycles. The summed E-state index contributed by atoms with van der Waals surface area (Å²) >= 11 is 0. The van der Waals surface area contributed by atoms with Gasteiger partial charge in [0.2, 0.25) is 26.0 Å². The van der Waals surface area contributed by atoms with Crippen LogP contribution in [0.4, 0.5) is 11.4 Å². The van der Waals surface area contributed by atoms with Crippen LogP contribution in [0.1, 0.15) is 26.2 Å². The van der Waals surface area contributed by atoms with Gasteiger partial charge in [-0.05, 0) is 62.2 Å². The van der Waals surface area contributed by atoms with Crippen molar-refractivity contribution >= 4 is 37.3 Å². The predicted molar refractivity (Wildman–Crippen MR) is 144 cm³/mol. The Labute approximate surface area is 224 Å². The molecule has 2 aromatic rings. The number of nitrogens with one attached hydrogen (secondary N) is 2. The summed E-state index contributed by atoms with van der Waals surface area (Å²) in [5.41, 5.74) is 1.13. The van der Waals surface area contributed by atoms with Crippen molar-refractivity contribution in [3.8, 4) is 5.75 Å². The molecule has 2 aromatic carbocycles. The molecule has 0 saturated carbocycles. The fourth-order valence-electron chi connectivity index (χ4n) is 4.42. The van der Waals surface area contributed by atoms with E-state index in [-0.39, 0.29) is 35.8 Å². The van der Waals surface area contributed by atoms with Crippen molar-refractivity contribution in [1.82, 2.24) is 9.03 Å². The average molecular weight is 567 g/mol. The average Bonchev–Trinajstić information content (AvgIpc) is 3.44. The van der Waals surface area contributed by atoms with Crippen LogP contribution in [0, 0.1) is 0 Å². The van der Waals surface area contributed by atoms with Crippen LogP contribution >= 0.6 is 0 Å². The first-order valence-corrected chi connectivity index (χ1v) is 15.6. The monoisotopic (exact) mass is 566 g/mol. The zero-order valence-electron chi connectivity index (χ0n) is 21.4. The fourth-order valence-corrected chi connectivity index (χ4v) is 6.89. The Morgan fingerprint density at radius 3 is 2.26 bits per heavy atom. The first-order chi connectivity index (χ1) is 18.2. The summed E-state index contributed by atoms with van der Waals surface area (Å²) < 4.78 is 66.0. The van der Waals surface area contributed by atoms with E-state index >= 15 is 0 Å². The Morgan fingerprint density at radius 1 is 0.947 bits per heavy atom. The Morgan fingerprint density at radius 2 is 1.61 bits per heavy atom. The van der Waals surface area contributed by atoms with Gasteiger partial charge in [0.1, 0.15) is 5.75 Å². The SMILES string of the molecule is CCOc1ccc(S(=O)(=O)NCCC(=O)Nc2cc(S(=O)(=O)N3CCOCC3)ccc2N2CCCC2)cc1. The molecule has 0 radical (unpaired) electrons. The minimum Gasteiger partial charge on any atom is -0.494 e. The topological polar surface area (TPSA) is 134 Å². The van der Waals surface area contributed by atoms with Gasteiger partial charge in [-0.2, -0.15) is 4.31 Å².